The van der Waals surface area contributed by atoms with Gasteiger partial charge in [0.25, 0.3) is 8.32 Å². The summed E-state index contributed by atoms with van der Waals surface area (Å²) < 4.78 is 6.87. The number of nitrogens with one attached hydrogen (secondary N) is 1. The van der Waals surface area contributed by atoms with Crippen molar-refractivity contribution in [2.45, 2.75) is 44.0 Å². The molecule has 144 valence electrons. The second kappa shape index (κ2) is 8.21. The third-order valence-electron chi connectivity index (χ3n) is 5.10. The van der Waals surface area contributed by atoms with E-state index in [-0.39, 0.29) is 22.2 Å². The first-order valence-electron chi connectivity index (χ1n) is 9.51. The number of amides is 1. The van der Waals surface area contributed by atoms with E-state index in [1.807, 2.05) is 19.1 Å². The zero-order valence-electron chi connectivity index (χ0n) is 16.6. The smallest absolute Gasteiger partial charge is 0.261 e. The van der Waals surface area contributed by atoms with E-state index in [0.717, 1.165) is 5.75 Å². The zero-order chi connectivity index (χ0) is 19.5. The second-order valence-electron chi connectivity index (χ2n) is 8.21. The van der Waals surface area contributed by atoms with Crippen LogP contribution in [0.5, 0.6) is 0 Å². The highest BCUT2D eigenvalue weighted by Gasteiger charge is 2.50. The highest BCUT2D eigenvalue weighted by atomic mass is 32.2. The number of carbonyl (C=O) groups excluding carboxylic acids is 1. The van der Waals surface area contributed by atoms with Crippen molar-refractivity contribution in [1.82, 2.24) is 5.32 Å². The van der Waals surface area contributed by atoms with Gasteiger partial charge in [0.1, 0.15) is 5.25 Å². The molecule has 0 radical (unpaired) electrons. The lowest BCUT2D eigenvalue weighted by Crippen LogP contribution is -2.67. The monoisotopic (exact) mass is 399 g/mol. The van der Waals surface area contributed by atoms with Gasteiger partial charge in [0.15, 0.2) is 0 Å². The Morgan fingerprint density at radius 2 is 1.56 bits per heavy atom. The van der Waals surface area contributed by atoms with Crippen molar-refractivity contribution in [2.75, 3.05) is 12.4 Å². The number of hydrogen-bond donors (Lipinski definition) is 1. The van der Waals surface area contributed by atoms with E-state index in [1.54, 1.807) is 11.8 Å². The molecule has 2 aromatic carbocycles. The molecule has 5 heteroatoms. The summed E-state index contributed by atoms with van der Waals surface area (Å²) in [6.07, 6.45) is 0. The van der Waals surface area contributed by atoms with Gasteiger partial charge in [-0.15, -0.1) is 11.8 Å². The Labute approximate surface area is 168 Å². The summed E-state index contributed by atoms with van der Waals surface area (Å²) >= 11 is 1.71. The van der Waals surface area contributed by atoms with E-state index in [2.05, 4.69) is 74.6 Å². The van der Waals surface area contributed by atoms with Crippen LogP contribution in [0.3, 0.4) is 0 Å². The van der Waals surface area contributed by atoms with Gasteiger partial charge in [0, 0.05) is 11.8 Å². The van der Waals surface area contributed by atoms with Crippen LogP contribution in [0.1, 0.15) is 27.7 Å². The third kappa shape index (κ3) is 4.15. The van der Waals surface area contributed by atoms with Gasteiger partial charge in [0.05, 0.1) is 6.61 Å². The molecule has 0 aromatic heterocycles. The summed E-state index contributed by atoms with van der Waals surface area (Å²) in [5, 5.41) is 5.34. The molecule has 0 bridgehead atoms. The van der Waals surface area contributed by atoms with Crippen LogP contribution in [0.4, 0.5) is 0 Å². The summed E-state index contributed by atoms with van der Waals surface area (Å²) in [5.41, 5.74) is 0. The van der Waals surface area contributed by atoms with Gasteiger partial charge in [0.2, 0.25) is 5.91 Å². The summed E-state index contributed by atoms with van der Waals surface area (Å²) in [4.78, 5) is 12.4. The van der Waals surface area contributed by atoms with Gasteiger partial charge in [-0.2, -0.15) is 0 Å². The number of hydrogen-bond acceptors (Lipinski definition) is 3. The normalized spacial score (nSPS) is 21.0. The van der Waals surface area contributed by atoms with Crippen LogP contribution in [0, 0.1) is 0 Å². The fraction of sp³-hybridized carbons (Fsp3) is 0.409. The van der Waals surface area contributed by atoms with Gasteiger partial charge in [-0.1, -0.05) is 81.4 Å². The van der Waals surface area contributed by atoms with Crippen LogP contribution in [0.15, 0.2) is 60.7 Å². The Kier molecular flexibility index (Phi) is 6.13. The molecule has 3 nitrogen and oxygen atoms in total. The average molecular weight is 400 g/mol. The minimum Gasteiger partial charge on any atom is -0.406 e. The first kappa shape index (κ1) is 20.2. The van der Waals surface area contributed by atoms with Crippen LogP contribution >= 0.6 is 11.8 Å². The lowest BCUT2D eigenvalue weighted by atomic mass is 10.2. The summed E-state index contributed by atoms with van der Waals surface area (Å²) in [7, 11) is -2.57. The first-order chi connectivity index (χ1) is 12.8. The van der Waals surface area contributed by atoms with Gasteiger partial charge in [-0.25, -0.2) is 0 Å². The van der Waals surface area contributed by atoms with Crippen LogP contribution in [-0.2, 0) is 9.22 Å². The van der Waals surface area contributed by atoms with Gasteiger partial charge in [-0.05, 0) is 22.3 Å². The van der Waals surface area contributed by atoms with Crippen molar-refractivity contribution < 1.29 is 9.22 Å². The third-order valence-corrected chi connectivity index (χ3v) is 11.5. The largest absolute Gasteiger partial charge is 0.406 e. The maximum Gasteiger partial charge on any atom is 0.261 e. The Bertz CT molecular complexity index is 721. The topological polar surface area (TPSA) is 38.3 Å². The van der Waals surface area contributed by atoms with Crippen molar-refractivity contribution in [3.05, 3.63) is 60.7 Å². The highest BCUT2D eigenvalue weighted by Crippen LogP contribution is 2.37. The van der Waals surface area contributed by atoms with E-state index in [0.29, 0.717) is 6.61 Å². The molecule has 0 saturated carbocycles. The fourth-order valence-corrected chi connectivity index (χ4v) is 9.48. The average Bonchev–Trinajstić information content (AvgIpc) is 2.64. The van der Waals surface area contributed by atoms with Gasteiger partial charge < -0.3 is 9.74 Å². The molecule has 0 unspecified atom stereocenters. The van der Waals surface area contributed by atoms with E-state index in [4.69, 9.17) is 4.43 Å². The van der Waals surface area contributed by atoms with Gasteiger partial charge in [-0.3, -0.25) is 4.79 Å². The molecule has 1 heterocycles. The molecule has 2 aromatic rings. The van der Waals surface area contributed by atoms with Crippen molar-refractivity contribution >= 4 is 36.4 Å². The maximum atomic E-state index is 12.4. The summed E-state index contributed by atoms with van der Waals surface area (Å²) in [5.74, 6) is 1.03. The summed E-state index contributed by atoms with van der Waals surface area (Å²) in [6.45, 7) is 9.26. The van der Waals surface area contributed by atoms with Crippen LogP contribution in [0.25, 0.3) is 0 Å². The Morgan fingerprint density at radius 1 is 1.04 bits per heavy atom. The van der Waals surface area contributed by atoms with Crippen molar-refractivity contribution in [2.24, 2.45) is 0 Å². The molecule has 1 aliphatic rings. The molecule has 1 fully saturated rings. The fourth-order valence-electron chi connectivity index (χ4n) is 3.80. The lowest BCUT2D eigenvalue weighted by Gasteiger charge is -2.44. The molecule has 1 saturated heterocycles. The molecular weight excluding hydrogens is 370 g/mol. The Hall–Kier alpha value is -1.56. The highest BCUT2D eigenvalue weighted by molar-refractivity contribution is 8.00. The molecule has 1 amide bonds. The lowest BCUT2D eigenvalue weighted by molar-refractivity contribution is -0.121. The maximum absolute atomic E-state index is 12.4. The first-order valence-corrected chi connectivity index (χ1v) is 12.5. The van der Waals surface area contributed by atoms with Crippen molar-refractivity contribution in [3.63, 3.8) is 0 Å². The van der Waals surface area contributed by atoms with Crippen LogP contribution in [0.2, 0.25) is 5.04 Å². The minimum absolute atomic E-state index is 0.0706. The van der Waals surface area contributed by atoms with Crippen molar-refractivity contribution in [3.8, 4) is 0 Å². The predicted molar refractivity (Wildman–Crippen MR) is 117 cm³/mol. The minimum atomic E-state index is -2.57. The Morgan fingerprint density at radius 3 is 2.00 bits per heavy atom. The quantitative estimate of drug-likeness (QED) is 0.785. The second-order valence-corrected chi connectivity index (χ2v) is 13.7. The van der Waals surface area contributed by atoms with Crippen LogP contribution in [-0.4, -0.2) is 37.9 Å². The molecular formula is C22H29NO2SSi. The number of thioether (sulfide) groups is 1. The van der Waals surface area contributed by atoms with E-state index >= 15 is 0 Å². The van der Waals surface area contributed by atoms with Crippen LogP contribution < -0.4 is 15.7 Å². The van der Waals surface area contributed by atoms with E-state index in [1.165, 1.54) is 10.4 Å². The molecule has 0 aliphatic carbocycles. The molecule has 2 atom stereocenters. The molecule has 1 N–H and O–H groups in total. The van der Waals surface area contributed by atoms with Crippen molar-refractivity contribution in [1.29, 1.82) is 0 Å². The van der Waals surface area contributed by atoms with Gasteiger partial charge >= 0.3 is 0 Å². The number of rotatable bonds is 5. The molecule has 1 aliphatic heterocycles. The molecule has 3 rings (SSSR count). The SMILES string of the molecule is C[C@@H]1CS[C@@H](CO[Si](c2ccccc2)(c2ccccc2)C(C)(C)C)C(=O)N1. The standard InChI is InChI=1S/C22H29NO2SSi/c1-17-16-26-20(21(24)23-17)15-25-27(22(2,3)4,18-11-7-5-8-12-18)19-13-9-6-10-14-19/h5-14,17,20H,15-16H2,1-4H3,(H,23,24)/t17-,20+/m1/s1. The summed E-state index contributed by atoms with van der Waals surface area (Å²) in [6, 6.07) is 21.4. The molecule has 27 heavy (non-hydrogen) atoms. The van der Waals surface area contributed by atoms with E-state index in [9.17, 15) is 4.79 Å². The Balaban J connectivity index is 2.00. The van der Waals surface area contributed by atoms with E-state index < -0.39 is 8.32 Å². The number of benzene rings is 2. The zero-order valence-corrected chi connectivity index (χ0v) is 18.4. The number of carbonyl (C=O) groups is 1. The molecule has 0 spiro atoms. The predicted octanol–water partition coefficient (Wildman–Crippen LogP) is 3.18.